The van der Waals surface area contributed by atoms with Crippen molar-refractivity contribution in [2.24, 2.45) is 17.8 Å². The van der Waals surface area contributed by atoms with Crippen LogP contribution in [0.1, 0.15) is 18.9 Å². The van der Waals surface area contributed by atoms with Gasteiger partial charge in [-0.2, -0.15) is 4.31 Å². The van der Waals surface area contributed by atoms with Crippen molar-refractivity contribution in [1.29, 1.82) is 0 Å². The van der Waals surface area contributed by atoms with Gasteiger partial charge in [0.2, 0.25) is 10.0 Å². The van der Waals surface area contributed by atoms with Crippen LogP contribution in [0.3, 0.4) is 0 Å². The Balaban J connectivity index is 1.91. The average Bonchev–Trinajstić information content (AvgIpc) is 2.76. The highest BCUT2D eigenvalue weighted by molar-refractivity contribution is 7.89. The molecule has 0 amide bonds. The number of hydrogen-bond acceptors (Lipinski definition) is 3. The van der Waals surface area contributed by atoms with E-state index in [9.17, 15) is 13.2 Å². The summed E-state index contributed by atoms with van der Waals surface area (Å²) in [4.78, 5) is 12.2. The highest BCUT2D eigenvalue weighted by Gasteiger charge is 2.46. The molecule has 1 heterocycles. The monoisotopic (exact) mass is 319 g/mol. The van der Waals surface area contributed by atoms with Gasteiger partial charge in [-0.1, -0.05) is 36.8 Å². The summed E-state index contributed by atoms with van der Waals surface area (Å²) in [5.74, 6) is 0.351. The Morgan fingerprint density at radius 1 is 1.23 bits per heavy atom. The second kappa shape index (κ2) is 5.32. The number of Topliss-reactive ketones (excluding diaryl/α,β-unsaturated/α-hetero) is 1. The fourth-order valence-corrected chi connectivity index (χ4v) is 5.04. The van der Waals surface area contributed by atoms with Crippen LogP contribution in [0.15, 0.2) is 41.3 Å². The molecule has 3 atom stereocenters. The summed E-state index contributed by atoms with van der Waals surface area (Å²) in [7, 11) is -3.53. The van der Waals surface area contributed by atoms with E-state index >= 15 is 0 Å². The van der Waals surface area contributed by atoms with Crippen LogP contribution in [0.5, 0.6) is 0 Å². The number of ketones is 1. The van der Waals surface area contributed by atoms with Crippen molar-refractivity contribution >= 4 is 15.8 Å². The predicted octanol–water partition coefficient (Wildman–Crippen LogP) is 2.40. The number of hydrogen-bond donors (Lipinski definition) is 0. The van der Waals surface area contributed by atoms with Crippen molar-refractivity contribution in [3.8, 4) is 0 Å². The van der Waals surface area contributed by atoms with E-state index in [1.54, 1.807) is 24.3 Å². The summed E-state index contributed by atoms with van der Waals surface area (Å²) in [6.45, 7) is 8.60. The summed E-state index contributed by atoms with van der Waals surface area (Å²) in [6, 6.07) is 6.89. The van der Waals surface area contributed by atoms with Gasteiger partial charge in [-0.3, -0.25) is 4.79 Å². The second-order valence-corrected chi connectivity index (χ2v) is 8.44. The first-order chi connectivity index (χ1) is 10.3. The molecule has 3 rings (SSSR count). The topological polar surface area (TPSA) is 54.5 Å². The molecular formula is C17H21NO3S. The summed E-state index contributed by atoms with van der Waals surface area (Å²) in [6.07, 6.45) is 0.517. The van der Waals surface area contributed by atoms with Gasteiger partial charge in [-0.05, 0) is 30.9 Å². The van der Waals surface area contributed by atoms with Crippen molar-refractivity contribution in [2.45, 2.75) is 25.2 Å². The summed E-state index contributed by atoms with van der Waals surface area (Å²) < 4.78 is 27.1. The highest BCUT2D eigenvalue weighted by Crippen LogP contribution is 2.43. The van der Waals surface area contributed by atoms with Crippen LogP contribution in [0.2, 0.25) is 0 Å². The first-order valence-corrected chi connectivity index (χ1v) is 9.02. The molecule has 0 N–H and O–H groups in total. The lowest BCUT2D eigenvalue weighted by Crippen LogP contribution is -2.44. The van der Waals surface area contributed by atoms with Crippen LogP contribution in [0.4, 0.5) is 0 Å². The van der Waals surface area contributed by atoms with Gasteiger partial charge in [0.1, 0.15) is 5.78 Å². The van der Waals surface area contributed by atoms with Crippen molar-refractivity contribution in [3.05, 3.63) is 42.0 Å². The molecule has 2 aliphatic rings. The lowest BCUT2D eigenvalue weighted by Gasteiger charge is -2.36. The zero-order chi connectivity index (χ0) is 16.1. The molecule has 1 aliphatic heterocycles. The second-order valence-electron chi connectivity index (χ2n) is 6.50. The maximum absolute atomic E-state index is 12.8. The molecule has 0 spiro atoms. The van der Waals surface area contributed by atoms with Crippen LogP contribution in [-0.4, -0.2) is 31.6 Å². The lowest BCUT2D eigenvalue weighted by atomic mass is 9.83. The van der Waals surface area contributed by atoms with E-state index in [0.717, 1.165) is 11.1 Å². The number of fused-ring (bicyclic) bond motifs is 1. The summed E-state index contributed by atoms with van der Waals surface area (Å²) >= 11 is 0. The molecule has 1 saturated carbocycles. The SMILES string of the molecule is C=C1CN(S(=O)(=O)c2ccc(C)cc2)C[C@H]2[C@H](C)C(=O)C[C@@H]12. The minimum atomic E-state index is -3.53. The van der Waals surface area contributed by atoms with E-state index < -0.39 is 10.0 Å². The molecule has 0 aromatic heterocycles. The Labute approximate surface area is 131 Å². The molecular weight excluding hydrogens is 298 g/mol. The molecule has 1 saturated heterocycles. The van der Waals surface area contributed by atoms with E-state index in [-0.39, 0.29) is 23.5 Å². The molecule has 118 valence electrons. The van der Waals surface area contributed by atoms with Crippen LogP contribution >= 0.6 is 0 Å². The average molecular weight is 319 g/mol. The van der Waals surface area contributed by atoms with Gasteiger partial charge in [-0.25, -0.2) is 8.42 Å². The zero-order valence-electron chi connectivity index (χ0n) is 13.0. The number of piperidine rings is 1. The van der Waals surface area contributed by atoms with Crippen LogP contribution in [0.25, 0.3) is 0 Å². The smallest absolute Gasteiger partial charge is 0.243 e. The summed E-state index contributed by atoms with van der Waals surface area (Å²) in [5.41, 5.74) is 1.89. The van der Waals surface area contributed by atoms with E-state index in [2.05, 4.69) is 6.58 Å². The van der Waals surface area contributed by atoms with Crippen molar-refractivity contribution in [2.75, 3.05) is 13.1 Å². The van der Waals surface area contributed by atoms with E-state index in [1.165, 1.54) is 4.31 Å². The summed E-state index contributed by atoms with van der Waals surface area (Å²) in [5, 5.41) is 0. The van der Waals surface area contributed by atoms with Crippen LogP contribution < -0.4 is 0 Å². The molecule has 1 aromatic rings. The number of carbonyl (C=O) groups excluding carboxylic acids is 1. The first-order valence-electron chi connectivity index (χ1n) is 7.58. The zero-order valence-corrected chi connectivity index (χ0v) is 13.8. The Morgan fingerprint density at radius 2 is 1.86 bits per heavy atom. The Morgan fingerprint density at radius 3 is 2.50 bits per heavy atom. The largest absolute Gasteiger partial charge is 0.299 e. The number of sulfonamides is 1. The van der Waals surface area contributed by atoms with E-state index in [4.69, 9.17) is 0 Å². The van der Waals surface area contributed by atoms with Gasteiger partial charge in [0.25, 0.3) is 0 Å². The molecule has 4 nitrogen and oxygen atoms in total. The fourth-order valence-electron chi connectivity index (χ4n) is 3.56. The number of carbonyl (C=O) groups is 1. The Hall–Kier alpha value is -1.46. The van der Waals surface area contributed by atoms with Crippen molar-refractivity contribution in [1.82, 2.24) is 4.31 Å². The third-order valence-electron chi connectivity index (χ3n) is 5.07. The van der Waals surface area contributed by atoms with Crippen LogP contribution in [0, 0.1) is 24.7 Å². The number of rotatable bonds is 2. The molecule has 0 radical (unpaired) electrons. The highest BCUT2D eigenvalue weighted by atomic mass is 32.2. The Kier molecular flexibility index (Phi) is 3.73. The maximum Gasteiger partial charge on any atom is 0.243 e. The molecule has 0 unspecified atom stereocenters. The van der Waals surface area contributed by atoms with Gasteiger partial charge < -0.3 is 0 Å². The minimum Gasteiger partial charge on any atom is -0.299 e. The van der Waals surface area contributed by atoms with E-state index in [0.29, 0.717) is 24.4 Å². The third kappa shape index (κ3) is 2.42. The molecule has 2 fully saturated rings. The van der Waals surface area contributed by atoms with Gasteiger partial charge >= 0.3 is 0 Å². The number of benzene rings is 1. The first kappa shape index (κ1) is 15.4. The van der Waals surface area contributed by atoms with Crippen LogP contribution in [-0.2, 0) is 14.8 Å². The molecule has 22 heavy (non-hydrogen) atoms. The Bertz CT molecular complexity index is 721. The molecule has 1 aromatic carbocycles. The normalized spacial score (nSPS) is 29.6. The van der Waals surface area contributed by atoms with Gasteiger partial charge in [0.15, 0.2) is 0 Å². The number of nitrogens with zero attached hydrogens (tertiary/aromatic N) is 1. The molecule has 1 aliphatic carbocycles. The van der Waals surface area contributed by atoms with Gasteiger partial charge in [0, 0.05) is 25.4 Å². The number of aryl methyl sites for hydroxylation is 1. The predicted molar refractivity (Wildman–Crippen MR) is 84.8 cm³/mol. The third-order valence-corrected chi connectivity index (χ3v) is 6.89. The minimum absolute atomic E-state index is 0.0639. The van der Waals surface area contributed by atoms with E-state index in [1.807, 2.05) is 13.8 Å². The maximum atomic E-state index is 12.8. The molecule has 5 heteroatoms. The van der Waals surface area contributed by atoms with Gasteiger partial charge in [0.05, 0.1) is 4.90 Å². The van der Waals surface area contributed by atoms with Crippen molar-refractivity contribution in [3.63, 3.8) is 0 Å². The fraction of sp³-hybridized carbons (Fsp3) is 0.471. The quantitative estimate of drug-likeness (QED) is 0.787. The van der Waals surface area contributed by atoms with Crippen molar-refractivity contribution < 1.29 is 13.2 Å². The standard InChI is InChI=1S/C17H21NO3S/c1-11-4-6-14(7-5-11)22(20,21)18-9-12(2)15-8-17(19)13(3)16(15)10-18/h4-7,13,15-16H,2,8-10H2,1,3H3/t13-,15-,16-/m0/s1. The van der Waals surface area contributed by atoms with Gasteiger partial charge in [-0.15, -0.1) is 0 Å². The molecule has 0 bridgehead atoms. The lowest BCUT2D eigenvalue weighted by molar-refractivity contribution is -0.120.